The van der Waals surface area contributed by atoms with E-state index in [0.29, 0.717) is 36.7 Å². The second-order valence-corrected chi connectivity index (χ2v) is 15.9. The van der Waals surface area contributed by atoms with E-state index in [1.807, 2.05) is 78.9 Å². The van der Waals surface area contributed by atoms with Crippen molar-refractivity contribution >= 4 is 18.0 Å². The van der Waals surface area contributed by atoms with Crippen LogP contribution < -0.4 is 18.9 Å². The van der Waals surface area contributed by atoms with Crippen LogP contribution in [0.2, 0.25) is 0 Å². The highest BCUT2D eigenvalue weighted by Gasteiger charge is 2.18. The predicted octanol–water partition coefficient (Wildman–Crippen LogP) is 14.2. The summed E-state index contributed by atoms with van der Waals surface area (Å²) in [6.45, 7) is 5.22. The Hall–Kier alpha value is -4.88. The first-order valence-electron chi connectivity index (χ1n) is 22.8. The van der Waals surface area contributed by atoms with Gasteiger partial charge in [-0.15, -0.1) is 0 Å². The summed E-state index contributed by atoms with van der Waals surface area (Å²) >= 11 is 0. The molecule has 0 radical (unpaired) electrons. The highest BCUT2D eigenvalue weighted by atomic mass is 16.5. The van der Waals surface area contributed by atoms with Gasteiger partial charge in [0.2, 0.25) is 0 Å². The summed E-state index contributed by atoms with van der Waals surface area (Å²) in [4.78, 5) is 26.0. The molecule has 324 valence electrons. The molecule has 0 heterocycles. The second kappa shape index (κ2) is 29.4. The van der Waals surface area contributed by atoms with Crippen molar-refractivity contribution in [2.24, 2.45) is 0 Å². The molecular weight excluding hydrogens is 749 g/mol. The van der Waals surface area contributed by atoms with Crippen molar-refractivity contribution < 1.29 is 33.6 Å². The average Bonchev–Trinajstić information content (AvgIpc) is 3.26. The highest BCUT2D eigenvalue weighted by Crippen LogP contribution is 2.33. The zero-order valence-corrected chi connectivity index (χ0v) is 36.4. The minimum Gasteiger partial charge on any atom is -0.489 e. The van der Waals surface area contributed by atoms with Crippen LogP contribution >= 0.6 is 0 Å². The van der Waals surface area contributed by atoms with Gasteiger partial charge in [-0.05, 0) is 48.2 Å². The third kappa shape index (κ3) is 19.5. The van der Waals surface area contributed by atoms with Gasteiger partial charge in [-0.1, -0.05) is 189 Å². The first-order chi connectivity index (χ1) is 29.4. The van der Waals surface area contributed by atoms with Crippen molar-refractivity contribution in [3.05, 3.63) is 125 Å². The maximum absolute atomic E-state index is 13.2. The van der Waals surface area contributed by atoms with Gasteiger partial charge in [-0.2, -0.15) is 0 Å². The van der Waals surface area contributed by atoms with Gasteiger partial charge in [0.1, 0.15) is 42.3 Å². The molecule has 0 aliphatic heterocycles. The molecule has 0 bridgehead atoms. The summed E-state index contributed by atoms with van der Waals surface area (Å²) in [6.07, 6.45) is 23.6. The van der Waals surface area contributed by atoms with Gasteiger partial charge in [-0.25, -0.2) is 0 Å². The van der Waals surface area contributed by atoms with Crippen molar-refractivity contribution in [3.63, 3.8) is 0 Å². The van der Waals surface area contributed by atoms with Gasteiger partial charge in [0, 0.05) is 36.1 Å². The van der Waals surface area contributed by atoms with E-state index in [4.69, 9.17) is 18.9 Å². The van der Waals surface area contributed by atoms with Crippen LogP contribution in [-0.2, 0) is 22.8 Å². The van der Waals surface area contributed by atoms with Crippen LogP contribution in [0.1, 0.15) is 171 Å². The fraction of sp³-hybridized carbons (Fsp3) is 0.472. The molecule has 7 nitrogen and oxygen atoms in total. The SMILES string of the molecule is CCCCCCCCCCCC(=O)Oc1ccc(C(O)C=Cc2ccc(OCc3ccccc3)cc2OCc2ccccc2)c(OC(=O)CCCCCCCCCCC)c1. The molecule has 0 aliphatic carbocycles. The highest BCUT2D eigenvalue weighted by molar-refractivity contribution is 5.74. The van der Waals surface area contributed by atoms with Gasteiger partial charge in [-0.3, -0.25) is 9.59 Å². The Morgan fingerprint density at radius 2 is 0.983 bits per heavy atom. The van der Waals surface area contributed by atoms with Crippen LogP contribution in [0.4, 0.5) is 0 Å². The molecule has 7 heteroatoms. The summed E-state index contributed by atoms with van der Waals surface area (Å²) in [7, 11) is 0. The normalized spacial score (nSPS) is 11.7. The van der Waals surface area contributed by atoms with E-state index in [2.05, 4.69) is 13.8 Å². The Bertz CT molecular complexity index is 1800. The number of aliphatic hydroxyl groups is 1. The van der Waals surface area contributed by atoms with Crippen molar-refractivity contribution in [3.8, 4) is 23.0 Å². The van der Waals surface area contributed by atoms with E-state index < -0.39 is 6.10 Å². The zero-order chi connectivity index (χ0) is 42.5. The summed E-state index contributed by atoms with van der Waals surface area (Å²) in [5.41, 5.74) is 3.20. The summed E-state index contributed by atoms with van der Waals surface area (Å²) in [5.74, 6) is 1.00. The van der Waals surface area contributed by atoms with E-state index >= 15 is 0 Å². The number of ether oxygens (including phenoxy) is 4. The molecule has 0 amide bonds. The number of aliphatic hydroxyl groups excluding tert-OH is 1. The molecule has 0 saturated carbocycles. The minimum atomic E-state index is -1.14. The summed E-state index contributed by atoms with van der Waals surface area (Å²) in [5, 5.41) is 11.6. The quantitative estimate of drug-likeness (QED) is 0.0307. The molecular formula is C53H70O7. The average molecular weight is 819 g/mol. The fourth-order valence-electron chi connectivity index (χ4n) is 7.07. The Morgan fingerprint density at radius 1 is 0.517 bits per heavy atom. The summed E-state index contributed by atoms with van der Waals surface area (Å²) < 4.78 is 24.0. The van der Waals surface area contributed by atoms with Crippen LogP contribution in [0.3, 0.4) is 0 Å². The number of hydrogen-bond donors (Lipinski definition) is 1. The van der Waals surface area contributed by atoms with Gasteiger partial charge in [0.15, 0.2) is 0 Å². The molecule has 1 N–H and O–H groups in total. The number of rotatable bonds is 31. The van der Waals surface area contributed by atoms with Gasteiger partial charge in [0.25, 0.3) is 0 Å². The first kappa shape index (κ1) is 47.8. The number of hydrogen-bond acceptors (Lipinski definition) is 7. The van der Waals surface area contributed by atoms with Crippen LogP contribution in [0.15, 0.2) is 103 Å². The molecule has 0 fully saturated rings. The molecule has 1 unspecified atom stereocenters. The topological polar surface area (TPSA) is 91.3 Å². The first-order valence-corrected chi connectivity index (χ1v) is 22.8. The third-order valence-corrected chi connectivity index (χ3v) is 10.7. The molecule has 0 spiro atoms. The van der Waals surface area contributed by atoms with E-state index in [9.17, 15) is 14.7 Å². The number of benzene rings is 4. The fourth-order valence-corrected chi connectivity index (χ4v) is 7.07. The lowest BCUT2D eigenvalue weighted by molar-refractivity contribution is -0.135. The van der Waals surface area contributed by atoms with Crippen molar-refractivity contribution in [2.45, 2.75) is 162 Å². The Morgan fingerprint density at radius 3 is 1.53 bits per heavy atom. The zero-order valence-electron chi connectivity index (χ0n) is 36.4. The Kier molecular flexibility index (Phi) is 23.4. The standard InChI is InChI=1S/C53H70O7/c1-3-5-7-9-11-13-15-17-25-31-52(55)59-47-36-37-48(51(40-47)60-53(56)32-26-18-16-14-12-10-8-6-4-2)49(54)38-34-45-33-35-46(57-41-43-27-21-19-22-28-43)39-50(45)58-42-44-29-23-20-24-30-44/h19-24,27-30,33-40,49,54H,3-18,25-26,31-32,41-42H2,1-2H3. The molecule has 4 rings (SSSR count). The lowest BCUT2D eigenvalue weighted by atomic mass is 10.1. The number of carbonyl (C=O) groups excluding carboxylic acids is 2. The van der Waals surface area contributed by atoms with Crippen molar-refractivity contribution in [2.75, 3.05) is 0 Å². The molecule has 0 aromatic heterocycles. The lowest BCUT2D eigenvalue weighted by Gasteiger charge is -2.16. The van der Waals surface area contributed by atoms with E-state index in [1.165, 1.54) is 77.0 Å². The molecule has 1 atom stereocenters. The predicted molar refractivity (Wildman–Crippen MR) is 243 cm³/mol. The van der Waals surface area contributed by atoms with E-state index in [1.54, 1.807) is 30.4 Å². The third-order valence-electron chi connectivity index (χ3n) is 10.7. The molecule has 0 saturated heterocycles. The van der Waals surface area contributed by atoms with Gasteiger partial charge >= 0.3 is 11.9 Å². The van der Waals surface area contributed by atoms with Gasteiger partial charge in [0.05, 0.1) is 0 Å². The lowest BCUT2D eigenvalue weighted by Crippen LogP contribution is -2.12. The Balaban J connectivity index is 1.43. The smallest absolute Gasteiger partial charge is 0.311 e. The monoisotopic (exact) mass is 819 g/mol. The van der Waals surface area contributed by atoms with Crippen LogP contribution in [0.5, 0.6) is 23.0 Å². The number of esters is 2. The van der Waals surface area contributed by atoms with E-state index in [0.717, 1.165) is 55.2 Å². The number of unbranched alkanes of at least 4 members (excludes halogenated alkanes) is 16. The molecule has 60 heavy (non-hydrogen) atoms. The maximum Gasteiger partial charge on any atom is 0.311 e. The minimum absolute atomic E-state index is 0.173. The largest absolute Gasteiger partial charge is 0.489 e. The molecule has 4 aromatic carbocycles. The summed E-state index contributed by atoms with van der Waals surface area (Å²) in [6, 6.07) is 30.4. The number of carbonyl (C=O) groups is 2. The van der Waals surface area contributed by atoms with Crippen LogP contribution in [-0.4, -0.2) is 17.0 Å². The molecule has 0 aliphatic rings. The van der Waals surface area contributed by atoms with E-state index in [-0.39, 0.29) is 29.9 Å². The molecule has 4 aromatic rings. The van der Waals surface area contributed by atoms with Crippen LogP contribution in [0, 0.1) is 0 Å². The maximum atomic E-state index is 13.2. The van der Waals surface area contributed by atoms with Crippen molar-refractivity contribution in [1.82, 2.24) is 0 Å². The van der Waals surface area contributed by atoms with Gasteiger partial charge < -0.3 is 24.1 Å². The van der Waals surface area contributed by atoms with Crippen molar-refractivity contribution in [1.29, 1.82) is 0 Å². The Labute approximate surface area is 360 Å². The second-order valence-electron chi connectivity index (χ2n) is 15.9. The van der Waals surface area contributed by atoms with Crippen LogP contribution in [0.25, 0.3) is 6.08 Å².